The second kappa shape index (κ2) is 31.9. The number of hydrogen-bond acceptors (Lipinski definition) is 14. The van der Waals surface area contributed by atoms with Crippen LogP contribution in [-0.4, -0.2) is 189 Å². The fourth-order valence-electron chi connectivity index (χ4n) is 16.9. The predicted molar refractivity (Wildman–Crippen MR) is 327 cm³/mol. The fraction of sp³-hybridized carbons (Fsp3) is 0.970. The quantitative estimate of drug-likeness (QED) is 0.0348. The monoisotopic (exact) mass is 1180 g/mol. The maximum absolute atomic E-state index is 14.7. The third-order valence-electron chi connectivity index (χ3n) is 21.9. The van der Waals surface area contributed by atoms with Crippen LogP contribution >= 0.6 is 7.26 Å². The van der Waals surface area contributed by atoms with Crippen molar-refractivity contribution in [1.82, 2.24) is 9.80 Å². The third-order valence-corrected chi connectivity index (χ3v) is 28.6. The molecule has 18 atom stereocenters. The molecule has 0 spiro atoms. The Morgan fingerprint density at radius 1 is 0.744 bits per heavy atom. The number of carbonyl (C=O) groups excluding carboxylic acids is 2. The zero-order valence-corrected chi connectivity index (χ0v) is 54.8. The lowest BCUT2D eigenvalue weighted by molar-refractivity contribution is -0.302. The molecule has 6 rings (SSSR count). The Morgan fingerprint density at radius 3 is 1.78 bits per heavy atom. The molecule has 6 aliphatic rings. The van der Waals surface area contributed by atoms with Gasteiger partial charge in [-0.3, -0.25) is 9.59 Å². The average Bonchev–Trinajstić information content (AvgIpc) is 3.37. The molecule has 16 heteroatoms. The first-order valence-electron chi connectivity index (χ1n) is 33.5. The highest BCUT2D eigenvalue weighted by atomic mass is 31.2. The third kappa shape index (κ3) is 17.4. The number of aliphatic hydroxyl groups excluding tert-OH is 3. The van der Waals surface area contributed by atoms with E-state index in [1.54, 1.807) is 91.1 Å². The summed E-state index contributed by atoms with van der Waals surface area (Å²) in [5, 5.41) is 60.4. The van der Waals surface area contributed by atoms with Crippen LogP contribution in [0.2, 0.25) is 0 Å². The molecule has 0 bridgehead atoms. The molecule has 0 radical (unpaired) electrons. The number of methoxy groups -OCH3 is 1. The minimum Gasteiger partial charge on any atom is -0.459 e. The van der Waals surface area contributed by atoms with Gasteiger partial charge in [0.05, 0.1) is 71.2 Å². The summed E-state index contributed by atoms with van der Waals surface area (Å²) in [6.07, 6.45) is 24.3. The van der Waals surface area contributed by atoms with Crippen LogP contribution in [0.15, 0.2) is 0 Å². The first kappa shape index (κ1) is 70.0. The molecule has 3 aliphatic heterocycles. The number of hydrogen-bond donors (Lipinski definition) is 5. The molecule has 0 unspecified atom stereocenters. The Labute approximate surface area is 498 Å². The van der Waals surface area contributed by atoms with Crippen molar-refractivity contribution in [2.45, 2.75) is 344 Å². The highest BCUT2D eigenvalue weighted by Crippen LogP contribution is 2.78. The maximum Gasteiger partial charge on any atom is 0.309 e. The van der Waals surface area contributed by atoms with E-state index in [1.807, 2.05) is 39.8 Å². The number of ether oxygens (including phenoxy) is 6. The van der Waals surface area contributed by atoms with E-state index >= 15 is 0 Å². The lowest BCUT2D eigenvalue weighted by Crippen LogP contribution is -2.60. The molecule has 3 saturated carbocycles. The van der Waals surface area contributed by atoms with E-state index < -0.39 is 103 Å². The first-order valence-corrected chi connectivity index (χ1v) is 35.7. The van der Waals surface area contributed by atoms with Crippen molar-refractivity contribution in [2.75, 3.05) is 40.5 Å². The van der Waals surface area contributed by atoms with Crippen LogP contribution in [0.5, 0.6) is 0 Å². The van der Waals surface area contributed by atoms with E-state index in [1.165, 1.54) is 91.1 Å². The molecular weight excluding hydrogens is 1060 g/mol. The Morgan fingerprint density at radius 2 is 1.27 bits per heavy atom. The number of rotatable bonds is 24. The van der Waals surface area contributed by atoms with Crippen LogP contribution in [0.3, 0.4) is 0 Å². The minimum atomic E-state index is -1.96. The Hall–Kier alpha value is -1.07. The number of likely N-dealkylation sites (N-methyl/N-ethyl adjacent to an activating group) is 1. The van der Waals surface area contributed by atoms with Crippen LogP contribution in [0, 0.1) is 23.7 Å². The van der Waals surface area contributed by atoms with Gasteiger partial charge in [-0.1, -0.05) is 72.6 Å². The van der Waals surface area contributed by atoms with Gasteiger partial charge in [-0.05, 0) is 183 Å². The summed E-state index contributed by atoms with van der Waals surface area (Å²) < 4.78 is 38.0. The van der Waals surface area contributed by atoms with E-state index in [-0.39, 0.29) is 62.8 Å². The smallest absolute Gasteiger partial charge is 0.309 e. The zero-order valence-electron chi connectivity index (χ0n) is 53.9. The summed E-state index contributed by atoms with van der Waals surface area (Å²) in [5.41, 5.74) is -1.29. The van der Waals surface area contributed by atoms with Crippen molar-refractivity contribution in [3.05, 3.63) is 0 Å². The minimum absolute atomic E-state index is 0.0711. The van der Waals surface area contributed by atoms with Crippen molar-refractivity contribution in [3.63, 3.8) is 0 Å². The van der Waals surface area contributed by atoms with Crippen LogP contribution in [0.4, 0.5) is 0 Å². The van der Waals surface area contributed by atoms with Crippen LogP contribution in [0.1, 0.15) is 243 Å². The van der Waals surface area contributed by atoms with Crippen molar-refractivity contribution in [3.8, 4) is 0 Å². The lowest BCUT2D eigenvalue weighted by atomic mass is 9.73. The molecule has 0 aromatic heterocycles. The van der Waals surface area contributed by atoms with Gasteiger partial charge in [0.2, 0.25) is 5.91 Å². The number of nitrogens with zero attached hydrogens (tertiary/aromatic N) is 2. The molecule has 478 valence electrons. The number of unbranched alkanes of at least 4 members (excludes halogenated alkanes) is 9. The summed E-state index contributed by atoms with van der Waals surface area (Å²) in [5.74, 6) is -3.48. The molecule has 15 nitrogen and oxygen atoms in total. The van der Waals surface area contributed by atoms with Crippen molar-refractivity contribution in [1.29, 1.82) is 0 Å². The van der Waals surface area contributed by atoms with Crippen molar-refractivity contribution < 1.29 is 63.5 Å². The largest absolute Gasteiger partial charge is 0.459 e. The van der Waals surface area contributed by atoms with Crippen LogP contribution in [-0.2, 0) is 38.0 Å². The van der Waals surface area contributed by atoms with E-state index in [0.717, 1.165) is 36.2 Å². The molecular formula is C66H122N2O13P+. The van der Waals surface area contributed by atoms with Gasteiger partial charge < -0.3 is 63.8 Å². The molecule has 3 heterocycles. The molecule has 3 saturated heterocycles. The number of carbonyl (C=O) groups is 2. The number of aliphatic hydroxyl groups is 5. The fourth-order valence-corrected chi connectivity index (χ4v) is 24.5. The van der Waals surface area contributed by atoms with Gasteiger partial charge in [0.15, 0.2) is 12.6 Å². The maximum atomic E-state index is 14.7. The predicted octanol–water partition coefficient (Wildman–Crippen LogP) is 11.2. The Kier molecular flexibility index (Phi) is 27.2. The Bertz CT molecular complexity index is 1850. The molecule has 6 fully saturated rings. The van der Waals surface area contributed by atoms with Crippen molar-refractivity contribution in [2.24, 2.45) is 23.7 Å². The summed E-state index contributed by atoms with van der Waals surface area (Å²) in [6, 6.07) is -1.18. The second-order valence-corrected chi connectivity index (χ2v) is 33.1. The molecule has 3 aliphatic carbocycles. The van der Waals surface area contributed by atoms with E-state index in [0.29, 0.717) is 12.8 Å². The highest BCUT2D eigenvalue weighted by Gasteiger charge is 2.58. The summed E-state index contributed by atoms with van der Waals surface area (Å²) in [6.45, 7) is 17.8. The topological polar surface area (TPSA) is 197 Å². The van der Waals surface area contributed by atoms with Crippen LogP contribution < -0.4 is 0 Å². The lowest BCUT2D eigenvalue weighted by Gasteiger charge is -2.48. The van der Waals surface area contributed by atoms with Crippen molar-refractivity contribution >= 4 is 19.1 Å². The first-order chi connectivity index (χ1) is 38.8. The standard InChI is InChI=1S/C66H122N2O13P/c1-14-55-66(10,75)59(71)48(6)68(56(69)37-23-21-19-17-15-16-18-20-22-30-38-82(50-31-24-25-32-50,51-33-26-27-34-51)52-35-28-29-36-52)42-44(2)40-64(8,74)61(81-63-58(70)54(67(11)12)39-45(3)78-63)46(4)53(47(5)62(73)80-55)43-77-57-41-65(9,76-13)60(72)49(7)79-57/h44-55,57-61,63,70-72,74-75H,14-43H2,1-13H3/q+1/t44-,45-,46+,47-,48-,49+,53+,54+,55-,57-,58-,59-,60+,61-,63+,64-,65-,66-/m1/s1. The number of esters is 1. The molecule has 82 heavy (non-hydrogen) atoms. The van der Waals surface area contributed by atoms with E-state index in [2.05, 4.69) is 0 Å². The van der Waals surface area contributed by atoms with Gasteiger partial charge >= 0.3 is 5.97 Å². The van der Waals surface area contributed by atoms with E-state index in [4.69, 9.17) is 28.4 Å². The summed E-state index contributed by atoms with van der Waals surface area (Å²) in [4.78, 5) is 32.9. The van der Waals surface area contributed by atoms with Gasteiger partial charge in [-0.15, -0.1) is 0 Å². The van der Waals surface area contributed by atoms with Gasteiger partial charge in [-0.2, -0.15) is 0 Å². The van der Waals surface area contributed by atoms with Gasteiger partial charge in [0.25, 0.3) is 0 Å². The normalized spacial score (nSPS) is 39.4. The van der Waals surface area contributed by atoms with Crippen LogP contribution in [0.25, 0.3) is 0 Å². The second-order valence-electron chi connectivity index (χ2n) is 28.5. The van der Waals surface area contributed by atoms with Gasteiger partial charge in [0.1, 0.15) is 30.0 Å². The molecule has 0 aromatic rings. The Balaban J connectivity index is 1.11. The van der Waals surface area contributed by atoms with Gasteiger partial charge in [-0.25, -0.2) is 0 Å². The highest BCUT2D eigenvalue weighted by molar-refractivity contribution is 7.77. The molecule has 0 aromatic carbocycles. The van der Waals surface area contributed by atoms with E-state index in [9.17, 15) is 35.1 Å². The average molecular weight is 1180 g/mol. The number of amides is 1. The number of cyclic esters (lactones) is 1. The SMILES string of the molecule is CC[C@H]1OC(=O)[C@H](C)[C@@H](CO[C@H]2C[C@@](C)(OC)[C@@H](O)[C@H](C)O2)[C@H](C)[C@@H](O[C@@H]2O[C@H](C)C[C@H](N(C)C)[C@H]2O)[C@](C)(O)C[C@@H](C)CN(C(=O)CCCCCCCCCCCC[P+](C2CCCC2)(C2CCCC2)C2CCCC2)[C@H](C)[C@@H](O)[C@]1(C)O. The molecule has 5 N–H and O–H groups in total. The van der Waals surface area contributed by atoms with Gasteiger partial charge in [0, 0.05) is 45.7 Å². The summed E-state index contributed by atoms with van der Waals surface area (Å²) in [7, 11) is 4.42. The summed E-state index contributed by atoms with van der Waals surface area (Å²) >= 11 is 0. The molecule has 1 amide bonds. The zero-order chi connectivity index (χ0) is 60.2.